The predicted octanol–water partition coefficient (Wildman–Crippen LogP) is 11.5. The molecule has 0 atom stereocenters. The molecule has 1 heterocycles. The normalized spacial score (nSPS) is 8.97. The first kappa shape index (κ1) is 35.9. The van der Waals surface area contributed by atoms with E-state index in [4.69, 9.17) is 11.6 Å². The van der Waals surface area contributed by atoms with Gasteiger partial charge in [-0.15, -0.1) is 0 Å². The van der Waals surface area contributed by atoms with Crippen LogP contribution in [0.2, 0.25) is 5.02 Å². The molecule has 2 aromatic carbocycles. The Hall–Kier alpha value is -1.64. The molecule has 188 valence electrons. The van der Waals surface area contributed by atoms with Crippen molar-refractivity contribution in [1.29, 1.82) is 0 Å². The molecule has 0 nitrogen and oxygen atoms in total. The van der Waals surface area contributed by atoms with Crippen molar-refractivity contribution in [2.75, 3.05) is 0 Å². The third kappa shape index (κ3) is 41.1. The second-order valence-corrected chi connectivity index (χ2v) is 10.8. The molecule has 1 aromatic heterocycles. The lowest BCUT2D eigenvalue weighted by Crippen LogP contribution is -1.76. The lowest BCUT2D eigenvalue weighted by Gasteiger charge is -1.89. The third-order valence-electron chi connectivity index (χ3n) is 2.50. The van der Waals surface area contributed by atoms with Crippen LogP contribution >= 0.6 is 22.9 Å². The number of aryl methyl sites for hydroxylation is 2. The van der Waals surface area contributed by atoms with E-state index in [0.717, 1.165) is 22.8 Å². The van der Waals surface area contributed by atoms with Gasteiger partial charge < -0.3 is 0 Å². The monoisotopic (exact) mass is 494 g/mol. The number of hydrogen-bond acceptors (Lipinski definition) is 1. The number of thiophene rings is 1. The van der Waals surface area contributed by atoms with Crippen LogP contribution in [0.5, 0.6) is 0 Å². The van der Waals surface area contributed by atoms with E-state index in [1.807, 2.05) is 41.1 Å². The second-order valence-electron chi connectivity index (χ2n) is 9.54. The maximum Gasteiger partial charge on any atom is 0.126 e. The van der Waals surface area contributed by atoms with Crippen LogP contribution in [0.1, 0.15) is 73.4 Å². The van der Waals surface area contributed by atoms with E-state index in [-0.39, 0.29) is 5.82 Å². The average molecular weight is 495 g/mol. The third-order valence-corrected chi connectivity index (χ3v) is 3.55. The van der Waals surface area contributed by atoms with Crippen LogP contribution in [0.4, 0.5) is 4.39 Å². The molecule has 0 N–H and O–H groups in total. The zero-order chi connectivity index (χ0) is 26.2. The molecule has 3 aromatic rings. The second kappa shape index (κ2) is 25.0. The number of rotatable bonds is 0. The Bertz CT molecular complexity index is 691. The lowest BCUT2D eigenvalue weighted by atomic mass is 10.2. The van der Waals surface area contributed by atoms with Gasteiger partial charge in [0.1, 0.15) is 5.82 Å². The molecule has 0 radical (unpaired) electrons. The molecule has 0 spiro atoms. The van der Waals surface area contributed by atoms with Gasteiger partial charge in [-0.3, -0.25) is 0 Å². The summed E-state index contributed by atoms with van der Waals surface area (Å²) in [5.41, 5.74) is 2.02. The lowest BCUT2D eigenvalue weighted by molar-refractivity contribution is 0.618. The van der Waals surface area contributed by atoms with Gasteiger partial charge in [-0.05, 0) is 54.7 Å². The summed E-state index contributed by atoms with van der Waals surface area (Å²) >= 11 is 7.07. The smallest absolute Gasteiger partial charge is 0.126 e. The summed E-state index contributed by atoms with van der Waals surface area (Å²) in [6, 6.07) is 18.8. The highest BCUT2D eigenvalue weighted by molar-refractivity contribution is 7.08. The fraction of sp³-hybridized carbons (Fsp3) is 0.467. The Morgan fingerprint density at radius 2 is 1.03 bits per heavy atom. The molecule has 3 heteroatoms. The Morgan fingerprint density at radius 3 is 1.21 bits per heavy atom. The highest BCUT2D eigenvalue weighted by Crippen LogP contribution is 2.10. The fourth-order valence-electron chi connectivity index (χ4n) is 1.33. The van der Waals surface area contributed by atoms with Gasteiger partial charge in [0, 0.05) is 5.38 Å². The van der Waals surface area contributed by atoms with E-state index in [1.165, 1.54) is 11.6 Å². The molecular formula is C30H48ClFS. The molecule has 0 aliphatic heterocycles. The Labute approximate surface area is 214 Å². The minimum absolute atomic E-state index is 0.132. The van der Waals surface area contributed by atoms with Crippen LogP contribution in [0.15, 0.2) is 71.4 Å². The highest BCUT2D eigenvalue weighted by Gasteiger charge is 1.88. The van der Waals surface area contributed by atoms with Crippen LogP contribution in [0, 0.1) is 37.4 Å². The van der Waals surface area contributed by atoms with Crippen LogP contribution in [-0.4, -0.2) is 0 Å². The van der Waals surface area contributed by atoms with Crippen molar-refractivity contribution < 1.29 is 4.39 Å². The van der Waals surface area contributed by atoms with E-state index in [0.29, 0.717) is 5.56 Å². The number of halogens is 2. The van der Waals surface area contributed by atoms with Crippen LogP contribution in [0.3, 0.4) is 0 Å². The molecule has 0 fully saturated rings. The first-order chi connectivity index (χ1) is 15.3. The summed E-state index contributed by atoms with van der Waals surface area (Å²) in [7, 11) is 0. The van der Waals surface area contributed by atoms with Crippen LogP contribution in [0.25, 0.3) is 0 Å². The quantitative estimate of drug-likeness (QED) is 0.291. The van der Waals surface area contributed by atoms with Gasteiger partial charge in [0.05, 0.1) is 5.02 Å². The minimum Gasteiger partial charge on any atom is -0.207 e. The maximum absolute atomic E-state index is 12.3. The summed E-state index contributed by atoms with van der Waals surface area (Å²) in [6.07, 6.45) is 0. The molecule has 0 aliphatic rings. The van der Waals surface area contributed by atoms with Gasteiger partial charge in [0.2, 0.25) is 0 Å². The summed E-state index contributed by atoms with van der Waals surface area (Å²) in [6.45, 7) is 23.3. The highest BCUT2D eigenvalue weighted by atomic mass is 35.5. The average Bonchev–Trinajstić information content (AvgIpc) is 3.15. The largest absolute Gasteiger partial charge is 0.207 e. The summed E-state index contributed by atoms with van der Waals surface area (Å²) in [5.74, 6) is 2.37. The zero-order valence-corrected chi connectivity index (χ0v) is 24.4. The summed E-state index contributed by atoms with van der Waals surface area (Å²) in [4.78, 5) is 0. The first-order valence-corrected chi connectivity index (χ1v) is 13.0. The van der Waals surface area contributed by atoms with Crippen molar-refractivity contribution in [2.24, 2.45) is 17.8 Å². The van der Waals surface area contributed by atoms with Crippen molar-refractivity contribution in [2.45, 2.75) is 76.2 Å². The van der Waals surface area contributed by atoms with E-state index in [9.17, 15) is 4.39 Å². The topological polar surface area (TPSA) is 0 Å². The van der Waals surface area contributed by atoms with Crippen LogP contribution < -0.4 is 0 Å². The Morgan fingerprint density at radius 1 is 0.636 bits per heavy atom. The molecule has 0 saturated heterocycles. The standard InChI is InChI=1S/C7H7F.C7H8.C4H3ClS.3C4H10/c1-6-4-2-3-5-7(6)8;1-7-5-3-2-4-6-7;5-4-1-2-6-3-4;3*1-4(2)3/h2-5H,1H3;2-6H,1H3;1-3H;3*4H,1-3H3. The maximum atomic E-state index is 12.3. The van der Waals surface area contributed by atoms with Gasteiger partial charge in [0.25, 0.3) is 0 Å². The van der Waals surface area contributed by atoms with Crippen molar-refractivity contribution in [3.8, 4) is 0 Å². The van der Waals surface area contributed by atoms with E-state index < -0.39 is 0 Å². The molecular weight excluding hydrogens is 447 g/mol. The molecule has 0 aliphatic carbocycles. The summed E-state index contributed by atoms with van der Waals surface area (Å²) in [5, 5.41) is 4.67. The molecule has 0 amide bonds. The van der Waals surface area contributed by atoms with Gasteiger partial charge in [-0.2, -0.15) is 11.3 Å². The minimum atomic E-state index is -0.132. The van der Waals surface area contributed by atoms with Gasteiger partial charge >= 0.3 is 0 Å². The number of benzene rings is 2. The molecule has 33 heavy (non-hydrogen) atoms. The van der Waals surface area contributed by atoms with Crippen molar-refractivity contribution in [3.63, 3.8) is 0 Å². The molecule has 0 bridgehead atoms. The predicted molar refractivity (Wildman–Crippen MR) is 153 cm³/mol. The van der Waals surface area contributed by atoms with E-state index >= 15 is 0 Å². The van der Waals surface area contributed by atoms with Crippen LogP contribution in [-0.2, 0) is 0 Å². The fourth-order valence-corrected chi connectivity index (χ4v) is 2.14. The van der Waals surface area contributed by atoms with Gasteiger partial charge in [0.15, 0.2) is 0 Å². The van der Waals surface area contributed by atoms with E-state index in [2.05, 4.69) is 81.4 Å². The molecule has 3 rings (SSSR count). The van der Waals surface area contributed by atoms with E-state index in [1.54, 1.807) is 30.4 Å². The Balaban J connectivity index is -0.000000337. The van der Waals surface area contributed by atoms with Crippen molar-refractivity contribution >= 4 is 22.9 Å². The summed E-state index contributed by atoms with van der Waals surface area (Å²) < 4.78 is 12.3. The van der Waals surface area contributed by atoms with Crippen molar-refractivity contribution in [3.05, 3.63) is 93.4 Å². The van der Waals surface area contributed by atoms with Gasteiger partial charge in [-0.1, -0.05) is 128 Å². The zero-order valence-electron chi connectivity index (χ0n) is 22.8. The van der Waals surface area contributed by atoms with Crippen molar-refractivity contribution in [1.82, 2.24) is 0 Å². The molecule has 0 unspecified atom stereocenters. The molecule has 0 saturated carbocycles. The Kier molecular flexibility index (Phi) is 27.2. The first-order valence-electron chi connectivity index (χ1n) is 11.7. The SMILES string of the molecule is CC(C)C.CC(C)C.CC(C)C.Cc1ccccc1.Cc1ccccc1F.Clc1ccsc1. The van der Waals surface area contributed by atoms with Gasteiger partial charge in [-0.25, -0.2) is 4.39 Å². The number of hydrogen-bond donors (Lipinski definition) is 0.